The van der Waals surface area contributed by atoms with E-state index in [-0.39, 0.29) is 11.6 Å². The van der Waals surface area contributed by atoms with E-state index in [0.29, 0.717) is 34.6 Å². The van der Waals surface area contributed by atoms with E-state index in [4.69, 9.17) is 4.74 Å². The number of fused-ring (bicyclic) bond motifs is 2. The topological polar surface area (TPSA) is 43.4 Å². The average molecular weight is 345 g/mol. The van der Waals surface area contributed by atoms with Crippen LogP contribution in [0.5, 0.6) is 5.75 Å². The second-order valence-corrected chi connectivity index (χ2v) is 5.57. The summed E-state index contributed by atoms with van der Waals surface area (Å²) in [5, 5.41) is 0.831. The minimum absolute atomic E-state index is 0.119. The Morgan fingerprint density at radius 3 is 2.24 bits per heavy atom. The van der Waals surface area contributed by atoms with Crippen LogP contribution in [0.4, 0.5) is 0 Å². The molecular weight excluding hydrogens is 332 g/mol. The first-order chi connectivity index (χ1) is 10.2. The molecule has 0 heterocycles. The van der Waals surface area contributed by atoms with Gasteiger partial charge in [-0.1, -0.05) is 52.3 Å². The lowest BCUT2D eigenvalue weighted by Gasteiger charge is -2.20. The van der Waals surface area contributed by atoms with Crippen LogP contribution in [-0.2, 0) is 0 Å². The Morgan fingerprint density at radius 1 is 0.857 bits per heavy atom. The van der Waals surface area contributed by atoms with Crippen LogP contribution in [0.2, 0.25) is 0 Å². The molecule has 4 heteroatoms. The molecular formula is C17H13BrO3. The third-order valence-electron chi connectivity index (χ3n) is 3.45. The SMILES string of the molecule is O=C1c2ccccc2C(=O)c2c(OCCCBr)cccc21. The van der Waals surface area contributed by atoms with Crippen LogP contribution in [0.15, 0.2) is 42.5 Å². The first-order valence-electron chi connectivity index (χ1n) is 6.74. The zero-order chi connectivity index (χ0) is 14.8. The van der Waals surface area contributed by atoms with Gasteiger partial charge in [0.25, 0.3) is 0 Å². The fraction of sp³-hybridized carbons (Fsp3) is 0.176. The van der Waals surface area contributed by atoms with E-state index in [1.165, 1.54) is 0 Å². The van der Waals surface area contributed by atoms with Crippen molar-refractivity contribution in [1.29, 1.82) is 0 Å². The maximum absolute atomic E-state index is 12.7. The van der Waals surface area contributed by atoms with Gasteiger partial charge in [-0.05, 0) is 12.5 Å². The number of carbonyl (C=O) groups excluding carboxylic acids is 2. The largest absolute Gasteiger partial charge is 0.493 e. The van der Waals surface area contributed by atoms with Gasteiger partial charge in [0.15, 0.2) is 11.6 Å². The Balaban J connectivity index is 2.08. The van der Waals surface area contributed by atoms with E-state index >= 15 is 0 Å². The minimum Gasteiger partial charge on any atom is -0.493 e. The van der Waals surface area contributed by atoms with Crippen molar-refractivity contribution < 1.29 is 14.3 Å². The molecule has 0 radical (unpaired) electrons. The molecule has 0 spiro atoms. The molecule has 0 aromatic heterocycles. The predicted octanol–water partition coefficient (Wildman–Crippen LogP) is 3.63. The smallest absolute Gasteiger partial charge is 0.198 e. The summed E-state index contributed by atoms with van der Waals surface area (Å²) in [6, 6.07) is 12.1. The number of alkyl halides is 1. The number of rotatable bonds is 4. The highest BCUT2D eigenvalue weighted by Crippen LogP contribution is 2.33. The van der Waals surface area contributed by atoms with Crippen molar-refractivity contribution in [3.63, 3.8) is 0 Å². The Hall–Kier alpha value is -1.94. The molecule has 2 aromatic rings. The number of hydrogen-bond acceptors (Lipinski definition) is 3. The highest BCUT2D eigenvalue weighted by atomic mass is 79.9. The van der Waals surface area contributed by atoms with Gasteiger partial charge in [-0.25, -0.2) is 0 Å². The maximum atomic E-state index is 12.7. The first kappa shape index (κ1) is 14.0. The summed E-state index contributed by atoms with van der Waals surface area (Å²) >= 11 is 3.34. The van der Waals surface area contributed by atoms with Gasteiger partial charge >= 0.3 is 0 Å². The van der Waals surface area contributed by atoms with Gasteiger partial charge < -0.3 is 4.74 Å². The van der Waals surface area contributed by atoms with Gasteiger partial charge in [0, 0.05) is 22.0 Å². The molecule has 0 unspecified atom stereocenters. The molecule has 1 aliphatic carbocycles. The number of halogens is 1. The van der Waals surface area contributed by atoms with Crippen LogP contribution in [0.25, 0.3) is 0 Å². The molecule has 0 aliphatic heterocycles. The van der Waals surface area contributed by atoms with Crippen molar-refractivity contribution in [2.45, 2.75) is 6.42 Å². The van der Waals surface area contributed by atoms with E-state index in [0.717, 1.165) is 11.8 Å². The van der Waals surface area contributed by atoms with Crippen molar-refractivity contribution in [3.05, 3.63) is 64.7 Å². The molecule has 0 N–H and O–H groups in total. The number of ether oxygens (including phenoxy) is 1. The lowest BCUT2D eigenvalue weighted by molar-refractivity contribution is 0.0975. The molecule has 0 amide bonds. The third-order valence-corrected chi connectivity index (χ3v) is 4.01. The average Bonchev–Trinajstić information content (AvgIpc) is 2.53. The van der Waals surface area contributed by atoms with E-state index < -0.39 is 0 Å². The van der Waals surface area contributed by atoms with Gasteiger partial charge in [0.05, 0.1) is 12.2 Å². The highest BCUT2D eigenvalue weighted by molar-refractivity contribution is 9.09. The van der Waals surface area contributed by atoms with Crippen molar-refractivity contribution in [3.8, 4) is 5.75 Å². The van der Waals surface area contributed by atoms with Crippen molar-refractivity contribution in [2.75, 3.05) is 11.9 Å². The fourth-order valence-corrected chi connectivity index (χ4v) is 2.70. The number of hydrogen-bond donors (Lipinski definition) is 0. The number of ketones is 2. The second-order valence-electron chi connectivity index (χ2n) is 4.77. The normalized spacial score (nSPS) is 12.8. The molecule has 1 aliphatic rings. The maximum Gasteiger partial charge on any atom is 0.198 e. The van der Waals surface area contributed by atoms with Crippen LogP contribution in [0.1, 0.15) is 38.3 Å². The van der Waals surface area contributed by atoms with Crippen LogP contribution in [0, 0.1) is 0 Å². The Bertz CT molecular complexity index is 722. The lowest BCUT2D eigenvalue weighted by Crippen LogP contribution is -2.21. The quantitative estimate of drug-likeness (QED) is 0.536. The molecule has 0 saturated carbocycles. The van der Waals surface area contributed by atoms with Gasteiger partial charge in [-0.15, -0.1) is 0 Å². The van der Waals surface area contributed by atoms with Crippen molar-refractivity contribution >= 4 is 27.5 Å². The number of carbonyl (C=O) groups is 2. The molecule has 0 fully saturated rings. The summed E-state index contributed by atoms with van der Waals surface area (Å²) in [7, 11) is 0. The minimum atomic E-state index is -0.144. The monoisotopic (exact) mass is 344 g/mol. The van der Waals surface area contributed by atoms with Crippen molar-refractivity contribution in [1.82, 2.24) is 0 Å². The molecule has 106 valence electrons. The number of benzene rings is 2. The molecule has 3 rings (SSSR count). The third kappa shape index (κ3) is 2.40. The summed E-state index contributed by atoms with van der Waals surface area (Å²) in [4.78, 5) is 25.2. The highest BCUT2D eigenvalue weighted by Gasteiger charge is 2.31. The Morgan fingerprint density at radius 2 is 1.52 bits per heavy atom. The lowest BCUT2D eigenvalue weighted by atomic mass is 9.83. The van der Waals surface area contributed by atoms with Crippen LogP contribution >= 0.6 is 15.9 Å². The van der Waals surface area contributed by atoms with E-state index in [2.05, 4.69) is 15.9 Å². The van der Waals surface area contributed by atoms with Gasteiger partial charge in [-0.3, -0.25) is 9.59 Å². The van der Waals surface area contributed by atoms with Gasteiger partial charge in [-0.2, -0.15) is 0 Å². The summed E-state index contributed by atoms with van der Waals surface area (Å²) in [5.41, 5.74) is 1.73. The predicted molar refractivity (Wildman–Crippen MR) is 83.7 cm³/mol. The van der Waals surface area contributed by atoms with E-state index in [1.54, 1.807) is 42.5 Å². The molecule has 0 atom stereocenters. The molecule has 0 bridgehead atoms. The van der Waals surface area contributed by atoms with Crippen LogP contribution in [0.3, 0.4) is 0 Å². The standard InChI is InChI=1S/C17H13BrO3/c18-9-4-10-21-14-8-3-7-13-15(14)17(20)12-6-2-1-5-11(12)16(13)19/h1-3,5-8H,4,9-10H2. The molecule has 2 aromatic carbocycles. The Labute approximate surface area is 131 Å². The van der Waals surface area contributed by atoms with Crippen LogP contribution < -0.4 is 4.74 Å². The zero-order valence-corrected chi connectivity index (χ0v) is 12.9. The van der Waals surface area contributed by atoms with Crippen molar-refractivity contribution in [2.24, 2.45) is 0 Å². The zero-order valence-electron chi connectivity index (χ0n) is 11.3. The summed E-state index contributed by atoms with van der Waals surface area (Å²) in [5.74, 6) is 0.224. The second kappa shape index (κ2) is 5.82. The molecule has 3 nitrogen and oxygen atoms in total. The summed E-state index contributed by atoms with van der Waals surface area (Å²) in [6.45, 7) is 0.505. The van der Waals surface area contributed by atoms with Crippen LogP contribution in [-0.4, -0.2) is 23.5 Å². The summed E-state index contributed by atoms with van der Waals surface area (Å²) in [6.07, 6.45) is 0.836. The molecule has 0 saturated heterocycles. The van der Waals surface area contributed by atoms with E-state index in [9.17, 15) is 9.59 Å². The molecule has 21 heavy (non-hydrogen) atoms. The Kier molecular flexibility index (Phi) is 3.88. The summed E-state index contributed by atoms with van der Waals surface area (Å²) < 4.78 is 5.68. The van der Waals surface area contributed by atoms with E-state index in [1.807, 2.05) is 0 Å². The van der Waals surface area contributed by atoms with Gasteiger partial charge in [0.1, 0.15) is 5.75 Å². The van der Waals surface area contributed by atoms with Gasteiger partial charge in [0.2, 0.25) is 0 Å². The first-order valence-corrected chi connectivity index (χ1v) is 7.86. The fourth-order valence-electron chi connectivity index (χ4n) is 2.47.